The van der Waals surface area contributed by atoms with Crippen molar-refractivity contribution in [1.29, 1.82) is 0 Å². The molecular weight excluding hydrogens is 128 g/mol. The Labute approximate surface area is 61.5 Å². The van der Waals surface area contributed by atoms with Crippen LogP contribution in [-0.4, -0.2) is 24.4 Å². The molecule has 10 heavy (non-hydrogen) atoms. The molecule has 58 valence electrons. The molecule has 1 aliphatic carbocycles. The summed E-state index contributed by atoms with van der Waals surface area (Å²) < 4.78 is 5.06. The number of aliphatic hydroxyl groups is 1. The van der Waals surface area contributed by atoms with Gasteiger partial charge in [0, 0.05) is 19.4 Å². The van der Waals surface area contributed by atoms with E-state index in [2.05, 4.69) is 0 Å². The topological polar surface area (TPSA) is 29.5 Å². The summed E-state index contributed by atoms with van der Waals surface area (Å²) in [6, 6.07) is 0. The minimum Gasteiger partial charge on any atom is -0.392 e. The maximum atomic E-state index is 9.35. The number of hydrogen-bond donors (Lipinski definition) is 1. The summed E-state index contributed by atoms with van der Waals surface area (Å²) in [4.78, 5) is 0. The van der Waals surface area contributed by atoms with E-state index in [0.29, 0.717) is 0 Å². The summed E-state index contributed by atoms with van der Waals surface area (Å²) >= 11 is 0. The number of ether oxygens (including phenoxy) is 1. The van der Waals surface area contributed by atoms with Crippen LogP contribution in [0.3, 0.4) is 0 Å². The third-order valence-corrected chi connectivity index (χ3v) is 2.01. The minimum atomic E-state index is -0.227. The Kier molecular flexibility index (Phi) is 2.46. The fraction of sp³-hybridized carbons (Fsp3) is 0.750. The first-order valence-electron chi connectivity index (χ1n) is 3.63. The maximum Gasteiger partial charge on any atom is 0.0777 e. The van der Waals surface area contributed by atoms with Crippen LogP contribution < -0.4 is 0 Å². The van der Waals surface area contributed by atoms with Gasteiger partial charge in [0.1, 0.15) is 0 Å². The fourth-order valence-corrected chi connectivity index (χ4v) is 1.13. The van der Waals surface area contributed by atoms with E-state index in [4.69, 9.17) is 4.74 Å². The molecule has 0 aromatic carbocycles. The highest BCUT2D eigenvalue weighted by Crippen LogP contribution is 2.18. The molecule has 3 atom stereocenters. The predicted octanol–water partition coefficient (Wildman–Crippen LogP) is 0.958. The van der Waals surface area contributed by atoms with Crippen molar-refractivity contribution in [2.45, 2.75) is 25.6 Å². The van der Waals surface area contributed by atoms with Gasteiger partial charge in [-0.3, -0.25) is 0 Å². The molecule has 2 nitrogen and oxygen atoms in total. The van der Waals surface area contributed by atoms with Crippen LogP contribution in [0.4, 0.5) is 0 Å². The van der Waals surface area contributed by atoms with Crippen LogP contribution >= 0.6 is 0 Å². The maximum absolute atomic E-state index is 9.35. The van der Waals surface area contributed by atoms with E-state index >= 15 is 0 Å². The Morgan fingerprint density at radius 3 is 2.70 bits per heavy atom. The summed E-state index contributed by atoms with van der Waals surface area (Å²) in [6.07, 6.45) is 4.63. The molecule has 0 saturated carbocycles. The molecule has 0 heterocycles. The smallest absolute Gasteiger partial charge is 0.0777 e. The van der Waals surface area contributed by atoms with E-state index in [1.807, 2.05) is 19.1 Å². The molecule has 3 unspecified atom stereocenters. The van der Waals surface area contributed by atoms with Gasteiger partial charge < -0.3 is 9.84 Å². The van der Waals surface area contributed by atoms with Gasteiger partial charge in [-0.25, -0.2) is 0 Å². The molecule has 0 aromatic rings. The lowest BCUT2D eigenvalue weighted by atomic mass is 9.93. The monoisotopic (exact) mass is 142 g/mol. The molecule has 2 heteroatoms. The second-order valence-electron chi connectivity index (χ2n) is 2.82. The van der Waals surface area contributed by atoms with Crippen LogP contribution in [0.15, 0.2) is 12.2 Å². The third kappa shape index (κ3) is 1.58. The quantitative estimate of drug-likeness (QED) is 0.552. The summed E-state index contributed by atoms with van der Waals surface area (Å²) in [5.41, 5.74) is 0. The SMILES string of the molecule is COC1C=CC(C)C(O)C1. The average Bonchev–Trinajstić information content (AvgIpc) is 1.95. The van der Waals surface area contributed by atoms with Gasteiger partial charge in [-0.1, -0.05) is 19.1 Å². The normalized spacial score (nSPS) is 40.1. The van der Waals surface area contributed by atoms with Crippen molar-refractivity contribution in [3.63, 3.8) is 0 Å². The van der Waals surface area contributed by atoms with Crippen molar-refractivity contribution in [1.82, 2.24) is 0 Å². The van der Waals surface area contributed by atoms with Gasteiger partial charge in [-0.05, 0) is 0 Å². The molecule has 0 amide bonds. The van der Waals surface area contributed by atoms with Gasteiger partial charge in [0.2, 0.25) is 0 Å². The van der Waals surface area contributed by atoms with Crippen LogP contribution in [0, 0.1) is 5.92 Å². The van der Waals surface area contributed by atoms with Crippen molar-refractivity contribution in [3.8, 4) is 0 Å². The molecule has 0 spiro atoms. The van der Waals surface area contributed by atoms with Crippen molar-refractivity contribution < 1.29 is 9.84 Å². The first-order valence-corrected chi connectivity index (χ1v) is 3.63. The molecular formula is C8H14O2. The standard InChI is InChI=1S/C8H14O2/c1-6-3-4-7(10-2)5-8(6)9/h3-4,6-9H,5H2,1-2H3. The molecule has 1 rings (SSSR count). The second kappa shape index (κ2) is 3.17. The number of rotatable bonds is 1. The zero-order valence-corrected chi connectivity index (χ0v) is 6.45. The Bertz CT molecular complexity index is 131. The van der Waals surface area contributed by atoms with Crippen LogP contribution in [0.5, 0.6) is 0 Å². The highest BCUT2D eigenvalue weighted by Gasteiger charge is 2.20. The highest BCUT2D eigenvalue weighted by molar-refractivity contribution is 5.01. The average molecular weight is 142 g/mol. The van der Waals surface area contributed by atoms with Crippen molar-refractivity contribution in [2.24, 2.45) is 5.92 Å². The van der Waals surface area contributed by atoms with Crippen molar-refractivity contribution >= 4 is 0 Å². The Hall–Kier alpha value is -0.340. The van der Waals surface area contributed by atoms with Gasteiger partial charge in [-0.15, -0.1) is 0 Å². The van der Waals surface area contributed by atoms with E-state index in [1.165, 1.54) is 0 Å². The van der Waals surface area contributed by atoms with Gasteiger partial charge in [0.15, 0.2) is 0 Å². The molecule has 0 aliphatic heterocycles. The van der Waals surface area contributed by atoms with Gasteiger partial charge >= 0.3 is 0 Å². The fourth-order valence-electron chi connectivity index (χ4n) is 1.13. The molecule has 0 aromatic heterocycles. The zero-order valence-electron chi connectivity index (χ0n) is 6.45. The second-order valence-corrected chi connectivity index (χ2v) is 2.82. The van der Waals surface area contributed by atoms with Crippen molar-refractivity contribution in [3.05, 3.63) is 12.2 Å². The first kappa shape index (κ1) is 7.76. The van der Waals surface area contributed by atoms with E-state index in [-0.39, 0.29) is 18.1 Å². The Balaban J connectivity index is 2.51. The van der Waals surface area contributed by atoms with Gasteiger partial charge in [0.05, 0.1) is 12.2 Å². The molecule has 0 fully saturated rings. The number of hydrogen-bond acceptors (Lipinski definition) is 2. The highest BCUT2D eigenvalue weighted by atomic mass is 16.5. The van der Waals surface area contributed by atoms with E-state index in [9.17, 15) is 5.11 Å². The summed E-state index contributed by atoms with van der Waals surface area (Å²) in [5, 5.41) is 9.35. The Morgan fingerprint density at radius 2 is 2.20 bits per heavy atom. The number of aliphatic hydroxyl groups excluding tert-OH is 1. The predicted molar refractivity (Wildman–Crippen MR) is 39.7 cm³/mol. The van der Waals surface area contributed by atoms with Crippen molar-refractivity contribution in [2.75, 3.05) is 7.11 Å². The van der Waals surface area contributed by atoms with E-state index in [1.54, 1.807) is 7.11 Å². The largest absolute Gasteiger partial charge is 0.392 e. The van der Waals surface area contributed by atoms with E-state index < -0.39 is 0 Å². The molecule has 0 radical (unpaired) electrons. The molecule has 0 saturated heterocycles. The third-order valence-electron chi connectivity index (χ3n) is 2.01. The summed E-state index contributed by atoms with van der Waals surface area (Å²) in [5.74, 6) is 0.284. The van der Waals surface area contributed by atoms with E-state index in [0.717, 1.165) is 6.42 Å². The van der Waals surface area contributed by atoms with Gasteiger partial charge in [0.25, 0.3) is 0 Å². The van der Waals surface area contributed by atoms with Crippen LogP contribution in [0.25, 0.3) is 0 Å². The lowest BCUT2D eigenvalue weighted by Gasteiger charge is -2.24. The molecule has 0 bridgehead atoms. The molecule has 1 N–H and O–H groups in total. The lowest BCUT2D eigenvalue weighted by Crippen LogP contribution is -2.27. The zero-order chi connectivity index (χ0) is 7.56. The molecule has 1 aliphatic rings. The lowest BCUT2D eigenvalue weighted by molar-refractivity contribution is 0.0453. The number of methoxy groups -OCH3 is 1. The first-order chi connectivity index (χ1) is 4.74. The van der Waals surface area contributed by atoms with Crippen LogP contribution in [-0.2, 0) is 4.74 Å². The van der Waals surface area contributed by atoms with Crippen LogP contribution in [0.2, 0.25) is 0 Å². The summed E-state index contributed by atoms with van der Waals surface area (Å²) in [6.45, 7) is 2.01. The summed E-state index contributed by atoms with van der Waals surface area (Å²) in [7, 11) is 1.66. The van der Waals surface area contributed by atoms with Gasteiger partial charge in [-0.2, -0.15) is 0 Å². The minimum absolute atomic E-state index is 0.117. The van der Waals surface area contributed by atoms with Crippen LogP contribution in [0.1, 0.15) is 13.3 Å². The Morgan fingerprint density at radius 1 is 1.50 bits per heavy atom.